The van der Waals surface area contributed by atoms with Crippen LogP contribution in [0, 0.1) is 0 Å². The van der Waals surface area contributed by atoms with Crippen LogP contribution in [0.15, 0.2) is 61.1 Å². The summed E-state index contributed by atoms with van der Waals surface area (Å²) < 4.78 is 33.3. The third kappa shape index (κ3) is 2.51. The van der Waals surface area contributed by atoms with Gasteiger partial charge in [-0.25, -0.2) is 0 Å². The minimum atomic E-state index is -3.38. The van der Waals surface area contributed by atoms with Crippen LogP contribution in [0.3, 0.4) is 0 Å². The van der Waals surface area contributed by atoms with Gasteiger partial charge in [0.15, 0.2) is 5.65 Å². The van der Waals surface area contributed by atoms with E-state index in [-0.39, 0.29) is 11.2 Å². The third-order valence-electron chi connectivity index (χ3n) is 4.51. The maximum absolute atomic E-state index is 15.3. The van der Waals surface area contributed by atoms with Gasteiger partial charge in [-0.05, 0) is 30.3 Å². The van der Waals surface area contributed by atoms with Crippen LogP contribution < -0.4 is 0 Å². The zero-order valence-electron chi connectivity index (χ0n) is 14.7. The molecule has 138 valence electrons. The topological polar surface area (TPSA) is 73.8 Å². The molecule has 7 nitrogen and oxygen atoms in total. The van der Waals surface area contributed by atoms with Crippen molar-refractivity contribution in [2.24, 2.45) is 7.05 Å². The van der Waals surface area contributed by atoms with Crippen molar-refractivity contribution in [2.75, 3.05) is 0 Å². The van der Waals surface area contributed by atoms with E-state index in [2.05, 4.69) is 25.4 Å². The molecule has 0 atom stereocenters. The Labute approximate surface area is 157 Å². The van der Waals surface area contributed by atoms with Gasteiger partial charge >= 0.3 is 5.92 Å². The average Bonchev–Trinajstić information content (AvgIpc) is 3.33. The fourth-order valence-corrected chi connectivity index (χ4v) is 3.09. The number of nitrogens with zero attached hydrogens (tertiary/aromatic N) is 7. The molecular formula is C19H13F2N7. The molecule has 0 amide bonds. The lowest BCUT2D eigenvalue weighted by molar-refractivity contribution is 0.0307. The summed E-state index contributed by atoms with van der Waals surface area (Å²) >= 11 is 0. The fraction of sp³-hybridized carbons (Fsp3) is 0.105. The van der Waals surface area contributed by atoms with Crippen molar-refractivity contribution < 1.29 is 8.78 Å². The number of benzene rings is 1. The van der Waals surface area contributed by atoms with Gasteiger partial charge in [-0.3, -0.25) is 9.67 Å². The lowest BCUT2D eigenvalue weighted by Gasteiger charge is -2.15. The van der Waals surface area contributed by atoms with Crippen molar-refractivity contribution in [3.63, 3.8) is 0 Å². The minimum Gasteiger partial charge on any atom is -0.275 e. The number of fused-ring (bicyclic) bond motifs is 2. The zero-order chi connectivity index (χ0) is 19.3. The molecule has 5 rings (SSSR count). The first kappa shape index (κ1) is 16.4. The van der Waals surface area contributed by atoms with Crippen LogP contribution in [0.5, 0.6) is 0 Å². The Morgan fingerprint density at radius 2 is 1.93 bits per heavy atom. The highest BCUT2D eigenvalue weighted by Crippen LogP contribution is 2.35. The average molecular weight is 377 g/mol. The molecule has 0 aliphatic rings. The number of aromatic nitrogens is 7. The molecule has 0 unspecified atom stereocenters. The van der Waals surface area contributed by atoms with Gasteiger partial charge in [-0.1, -0.05) is 12.1 Å². The monoisotopic (exact) mass is 377 g/mol. The number of alkyl halides is 2. The first-order chi connectivity index (χ1) is 13.5. The molecule has 28 heavy (non-hydrogen) atoms. The van der Waals surface area contributed by atoms with Crippen molar-refractivity contribution in [1.82, 2.24) is 34.6 Å². The molecule has 4 heterocycles. The predicted molar refractivity (Wildman–Crippen MR) is 97.7 cm³/mol. The van der Waals surface area contributed by atoms with E-state index in [1.54, 1.807) is 60.7 Å². The largest absolute Gasteiger partial charge is 0.333 e. The number of pyridine rings is 1. The maximum Gasteiger partial charge on any atom is 0.333 e. The van der Waals surface area contributed by atoms with Gasteiger partial charge in [0.2, 0.25) is 5.82 Å². The Morgan fingerprint density at radius 1 is 1.04 bits per heavy atom. The molecule has 9 heteroatoms. The summed E-state index contributed by atoms with van der Waals surface area (Å²) in [6.07, 6.45) is 5.00. The van der Waals surface area contributed by atoms with Crippen molar-refractivity contribution >= 4 is 16.6 Å². The zero-order valence-corrected chi connectivity index (χ0v) is 14.7. The van der Waals surface area contributed by atoms with Gasteiger partial charge in [-0.2, -0.15) is 23.5 Å². The highest BCUT2D eigenvalue weighted by atomic mass is 19.3. The standard InChI is InChI=1S/C19H13F2N7/c1-27-11-13(10-23-27)16-6-7-17-24-25-18(28(17)26-16)19(20,21)14-4-5-15-12(9-14)3-2-8-22-15/h2-11H,1H3. The van der Waals surface area contributed by atoms with E-state index in [0.29, 0.717) is 22.2 Å². The molecule has 1 aromatic carbocycles. The van der Waals surface area contributed by atoms with Crippen LogP contribution in [-0.4, -0.2) is 34.6 Å². The van der Waals surface area contributed by atoms with E-state index >= 15 is 8.78 Å². The summed E-state index contributed by atoms with van der Waals surface area (Å²) in [6, 6.07) is 11.1. The smallest absolute Gasteiger partial charge is 0.275 e. The number of halogens is 2. The van der Waals surface area contributed by atoms with Crippen LogP contribution in [0.25, 0.3) is 27.8 Å². The van der Waals surface area contributed by atoms with Crippen LogP contribution >= 0.6 is 0 Å². The predicted octanol–water partition coefficient (Wildman–Crippen LogP) is 3.21. The van der Waals surface area contributed by atoms with Crippen LogP contribution in [-0.2, 0) is 13.0 Å². The summed E-state index contributed by atoms with van der Waals surface area (Å²) in [7, 11) is 1.77. The maximum atomic E-state index is 15.3. The highest BCUT2D eigenvalue weighted by molar-refractivity contribution is 5.79. The van der Waals surface area contributed by atoms with Gasteiger partial charge in [0.1, 0.15) is 0 Å². The first-order valence-electron chi connectivity index (χ1n) is 8.47. The fourth-order valence-electron chi connectivity index (χ4n) is 3.09. The molecule has 0 spiro atoms. The summed E-state index contributed by atoms with van der Waals surface area (Å²) in [5.41, 5.74) is 1.90. The van der Waals surface area contributed by atoms with Crippen molar-refractivity contribution in [2.45, 2.75) is 5.92 Å². The van der Waals surface area contributed by atoms with E-state index in [9.17, 15) is 0 Å². The van der Waals surface area contributed by atoms with E-state index in [0.717, 1.165) is 4.52 Å². The molecular weight excluding hydrogens is 364 g/mol. The van der Waals surface area contributed by atoms with Gasteiger partial charge in [-0.15, -0.1) is 10.2 Å². The van der Waals surface area contributed by atoms with Crippen LogP contribution in [0.4, 0.5) is 8.78 Å². The van der Waals surface area contributed by atoms with Gasteiger partial charge in [0.05, 0.1) is 17.4 Å². The van der Waals surface area contributed by atoms with Crippen molar-refractivity contribution in [3.8, 4) is 11.3 Å². The molecule has 0 N–H and O–H groups in total. The van der Waals surface area contributed by atoms with Crippen LogP contribution in [0.2, 0.25) is 0 Å². The molecule has 0 saturated heterocycles. The van der Waals surface area contributed by atoms with E-state index < -0.39 is 11.7 Å². The first-order valence-corrected chi connectivity index (χ1v) is 8.47. The summed E-state index contributed by atoms with van der Waals surface area (Å²) in [4.78, 5) is 4.17. The Kier molecular flexibility index (Phi) is 3.45. The normalized spacial score (nSPS) is 12.1. The second-order valence-electron chi connectivity index (χ2n) is 6.40. The summed E-state index contributed by atoms with van der Waals surface area (Å²) in [5.74, 6) is -3.93. The number of aryl methyl sites for hydroxylation is 1. The summed E-state index contributed by atoms with van der Waals surface area (Å²) in [5, 5.41) is 16.6. The molecule has 5 aromatic rings. The van der Waals surface area contributed by atoms with Crippen molar-refractivity contribution in [1.29, 1.82) is 0 Å². The quantitative estimate of drug-likeness (QED) is 0.483. The van der Waals surface area contributed by atoms with Gasteiger partial charge in [0.25, 0.3) is 0 Å². The Morgan fingerprint density at radius 3 is 2.75 bits per heavy atom. The van der Waals surface area contributed by atoms with Crippen LogP contribution in [0.1, 0.15) is 11.4 Å². The van der Waals surface area contributed by atoms with Gasteiger partial charge in [0, 0.05) is 36.0 Å². The van der Waals surface area contributed by atoms with Gasteiger partial charge < -0.3 is 0 Å². The number of hydrogen-bond donors (Lipinski definition) is 0. The van der Waals surface area contributed by atoms with E-state index in [4.69, 9.17) is 0 Å². The molecule has 4 aromatic heterocycles. The van der Waals surface area contributed by atoms with Crippen molar-refractivity contribution in [3.05, 3.63) is 72.4 Å². The Balaban J connectivity index is 1.65. The molecule has 0 aliphatic carbocycles. The number of hydrogen-bond acceptors (Lipinski definition) is 5. The lowest BCUT2D eigenvalue weighted by Crippen LogP contribution is -2.20. The molecule has 0 radical (unpaired) electrons. The number of rotatable bonds is 3. The summed E-state index contributed by atoms with van der Waals surface area (Å²) in [6.45, 7) is 0. The molecule has 0 bridgehead atoms. The molecule has 0 saturated carbocycles. The second-order valence-corrected chi connectivity index (χ2v) is 6.40. The second kappa shape index (κ2) is 5.88. The Bertz CT molecular complexity index is 1320. The SMILES string of the molecule is Cn1cc(-c2ccc3nnc(C(F)(F)c4ccc5ncccc5c4)n3n2)cn1. The molecule has 0 fully saturated rings. The third-order valence-corrected chi connectivity index (χ3v) is 4.51. The van der Waals surface area contributed by atoms with E-state index in [1.165, 1.54) is 12.1 Å². The minimum absolute atomic E-state index is 0.198. The molecule has 0 aliphatic heterocycles. The highest BCUT2D eigenvalue weighted by Gasteiger charge is 2.40. The lowest BCUT2D eigenvalue weighted by atomic mass is 10.0. The van der Waals surface area contributed by atoms with E-state index in [1.807, 2.05) is 0 Å². The Hall–Kier alpha value is -3.75.